The molecule has 1 N–H and O–H groups in total. The molecule has 0 aromatic heterocycles. The summed E-state index contributed by atoms with van der Waals surface area (Å²) in [5, 5.41) is 12.0. The molecule has 0 fully saturated rings. The van der Waals surface area contributed by atoms with Gasteiger partial charge in [-0.25, -0.2) is 4.39 Å². The second kappa shape index (κ2) is 5.51. The molecule has 0 aliphatic heterocycles. The van der Waals surface area contributed by atoms with Gasteiger partial charge in [0.25, 0.3) is 0 Å². The van der Waals surface area contributed by atoms with E-state index >= 15 is 0 Å². The van der Waals surface area contributed by atoms with Gasteiger partial charge in [0, 0.05) is 8.95 Å². The zero-order chi connectivity index (χ0) is 13.1. The van der Waals surface area contributed by atoms with Crippen molar-refractivity contribution in [3.8, 4) is 6.07 Å². The minimum absolute atomic E-state index is 0.327. The van der Waals surface area contributed by atoms with Gasteiger partial charge in [-0.15, -0.1) is 0 Å². The molecule has 90 valence electrons. The number of benzene rings is 2. The van der Waals surface area contributed by atoms with Crippen LogP contribution in [0, 0.1) is 17.1 Å². The largest absolute Gasteiger partial charge is 0.352 e. The van der Waals surface area contributed by atoms with E-state index in [1.54, 1.807) is 30.3 Å². The van der Waals surface area contributed by atoms with Crippen LogP contribution in [0.1, 0.15) is 5.56 Å². The minimum atomic E-state index is -0.381. The van der Waals surface area contributed by atoms with Crippen LogP contribution < -0.4 is 5.32 Å². The summed E-state index contributed by atoms with van der Waals surface area (Å²) in [6.07, 6.45) is 0. The van der Waals surface area contributed by atoms with Gasteiger partial charge >= 0.3 is 0 Å². The van der Waals surface area contributed by atoms with Gasteiger partial charge in [-0.05, 0) is 46.3 Å². The lowest BCUT2D eigenvalue weighted by molar-refractivity contribution is 0.631. The first kappa shape index (κ1) is 13.1. The molecule has 0 aliphatic carbocycles. The van der Waals surface area contributed by atoms with E-state index in [1.165, 1.54) is 6.07 Å². The number of halogens is 3. The molecule has 0 unspecified atom stereocenters. The molecule has 0 heterocycles. The van der Waals surface area contributed by atoms with Gasteiger partial charge in [0.1, 0.15) is 11.9 Å². The van der Waals surface area contributed by atoms with Crippen LogP contribution in [-0.4, -0.2) is 0 Å². The lowest BCUT2D eigenvalue weighted by atomic mass is 10.2. The van der Waals surface area contributed by atoms with Crippen LogP contribution in [0.15, 0.2) is 45.3 Å². The molecule has 2 nitrogen and oxygen atoms in total. The summed E-state index contributed by atoms with van der Waals surface area (Å²) < 4.78 is 15.0. The van der Waals surface area contributed by atoms with E-state index in [0.717, 1.165) is 0 Å². The number of nitrogens with one attached hydrogen (secondary N) is 1. The number of nitrogens with zero attached hydrogens (tertiary/aromatic N) is 1. The Labute approximate surface area is 121 Å². The topological polar surface area (TPSA) is 35.8 Å². The fourth-order valence-corrected chi connectivity index (χ4v) is 2.27. The first-order chi connectivity index (χ1) is 8.61. The fraction of sp³-hybridized carbons (Fsp3) is 0. The van der Waals surface area contributed by atoms with Crippen molar-refractivity contribution in [2.24, 2.45) is 0 Å². The van der Waals surface area contributed by atoms with Gasteiger partial charge in [-0.1, -0.05) is 22.0 Å². The second-order valence-electron chi connectivity index (χ2n) is 3.52. The van der Waals surface area contributed by atoms with E-state index in [9.17, 15) is 4.39 Å². The monoisotopic (exact) mass is 368 g/mol. The second-order valence-corrected chi connectivity index (χ2v) is 5.29. The average Bonchev–Trinajstić information content (AvgIpc) is 2.33. The number of hydrogen-bond donors (Lipinski definition) is 1. The lowest BCUT2D eigenvalue weighted by Gasteiger charge is -2.10. The van der Waals surface area contributed by atoms with Crippen LogP contribution in [0.2, 0.25) is 0 Å². The molecule has 0 aliphatic rings. The van der Waals surface area contributed by atoms with E-state index in [4.69, 9.17) is 5.26 Å². The van der Waals surface area contributed by atoms with Crippen LogP contribution in [0.4, 0.5) is 15.8 Å². The van der Waals surface area contributed by atoms with Crippen LogP contribution in [-0.2, 0) is 0 Å². The molecule has 5 heteroatoms. The first-order valence-corrected chi connectivity index (χ1v) is 6.61. The van der Waals surface area contributed by atoms with Gasteiger partial charge in [0.2, 0.25) is 0 Å². The summed E-state index contributed by atoms with van der Waals surface area (Å²) in [6.45, 7) is 0. The fourth-order valence-electron chi connectivity index (χ4n) is 1.48. The number of nitriles is 1. The third-order valence-electron chi connectivity index (χ3n) is 2.33. The van der Waals surface area contributed by atoms with E-state index in [2.05, 4.69) is 43.2 Å². The van der Waals surface area contributed by atoms with Crippen molar-refractivity contribution in [3.63, 3.8) is 0 Å². The van der Waals surface area contributed by atoms with Crippen molar-refractivity contribution in [2.45, 2.75) is 0 Å². The zero-order valence-electron chi connectivity index (χ0n) is 9.05. The van der Waals surface area contributed by atoms with Gasteiger partial charge in [0.05, 0.1) is 16.9 Å². The van der Waals surface area contributed by atoms with E-state index in [1.807, 2.05) is 0 Å². The maximum absolute atomic E-state index is 13.7. The molecule has 2 aromatic rings. The first-order valence-electron chi connectivity index (χ1n) is 5.02. The highest BCUT2D eigenvalue weighted by atomic mass is 79.9. The van der Waals surface area contributed by atoms with Crippen LogP contribution >= 0.6 is 31.9 Å². The zero-order valence-corrected chi connectivity index (χ0v) is 12.2. The van der Waals surface area contributed by atoms with Crippen LogP contribution in [0.3, 0.4) is 0 Å². The smallest absolute Gasteiger partial charge is 0.147 e. The van der Waals surface area contributed by atoms with Crippen molar-refractivity contribution in [3.05, 3.63) is 56.7 Å². The van der Waals surface area contributed by atoms with Crippen LogP contribution in [0.25, 0.3) is 0 Å². The average molecular weight is 370 g/mol. The summed E-state index contributed by atoms with van der Waals surface area (Å²) in [6, 6.07) is 12.1. The lowest BCUT2D eigenvalue weighted by Crippen LogP contribution is -1.96. The number of anilines is 2. The highest BCUT2D eigenvalue weighted by Gasteiger charge is 2.08. The van der Waals surface area contributed by atoms with Crippen LogP contribution in [0.5, 0.6) is 0 Å². The number of rotatable bonds is 2. The van der Waals surface area contributed by atoms with Crippen molar-refractivity contribution in [1.29, 1.82) is 5.26 Å². The quantitative estimate of drug-likeness (QED) is 0.811. The summed E-state index contributed by atoms with van der Waals surface area (Å²) in [5.74, 6) is -0.381. The normalized spacial score (nSPS) is 9.89. The van der Waals surface area contributed by atoms with Crippen molar-refractivity contribution >= 4 is 43.2 Å². The molecular weight excluding hydrogens is 363 g/mol. The Kier molecular flexibility index (Phi) is 4.00. The molecule has 0 spiro atoms. The molecule has 0 bridgehead atoms. The summed E-state index contributed by atoms with van der Waals surface area (Å²) >= 11 is 6.48. The van der Waals surface area contributed by atoms with Gasteiger partial charge in [-0.2, -0.15) is 5.26 Å². The maximum atomic E-state index is 13.7. The molecule has 0 atom stereocenters. The van der Waals surface area contributed by atoms with E-state index in [0.29, 0.717) is 25.9 Å². The Morgan fingerprint density at radius 1 is 1.11 bits per heavy atom. The molecule has 0 radical (unpaired) electrons. The molecule has 2 aromatic carbocycles. The maximum Gasteiger partial charge on any atom is 0.147 e. The Balaban J connectivity index is 2.41. The molecule has 0 amide bonds. The Bertz CT molecular complexity index is 635. The SMILES string of the molecule is N#Cc1c(Br)cccc1Nc1ccc(Br)cc1F. The standard InChI is InChI=1S/C13H7Br2FN2/c14-8-4-5-13(11(16)6-8)18-12-3-1-2-10(15)9(12)7-17/h1-6,18H. The van der Waals surface area contributed by atoms with Gasteiger partial charge in [-0.3, -0.25) is 0 Å². The number of hydrogen-bond acceptors (Lipinski definition) is 2. The van der Waals surface area contributed by atoms with Gasteiger partial charge < -0.3 is 5.32 Å². The summed E-state index contributed by atoms with van der Waals surface area (Å²) in [4.78, 5) is 0. The predicted molar refractivity (Wildman–Crippen MR) is 76.2 cm³/mol. The Morgan fingerprint density at radius 3 is 2.56 bits per heavy atom. The Morgan fingerprint density at radius 2 is 1.89 bits per heavy atom. The predicted octanol–water partition coefficient (Wildman–Crippen LogP) is 4.97. The van der Waals surface area contributed by atoms with E-state index < -0.39 is 0 Å². The minimum Gasteiger partial charge on any atom is -0.352 e. The van der Waals surface area contributed by atoms with Gasteiger partial charge in [0.15, 0.2) is 0 Å². The Hall–Kier alpha value is -1.38. The third kappa shape index (κ3) is 2.71. The highest BCUT2D eigenvalue weighted by Crippen LogP contribution is 2.28. The summed E-state index contributed by atoms with van der Waals surface area (Å²) in [7, 11) is 0. The third-order valence-corrected chi connectivity index (χ3v) is 3.48. The van der Waals surface area contributed by atoms with Crippen molar-refractivity contribution in [1.82, 2.24) is 0 Å². The molecule has 0 saturated carbocycles. The highest BCUT2D eigenvalue weighted by molar-refractivity contribution is 9.10. The van der Waals surface area contributed by atoms with Crippen molar-refractivity contribution < 1.29 is 4.39 Å². The molecule has 0 saturated heterocycles. The molecule has 2 rings (SSSR count). The van der Waals surface area contributed by atoms with Crippen molar-refractivity contribution in [2.75, 3.05) is 5.32 Å². The molecule has 18 heavy (non-hydrogen) atoms. The van der Waals surface area contributed by atoms with E-state index in [-0.39, 0.29) is 5.82 Å². The summed E-state index contributed by atoms with van der Waals surface area (Å²) in [5.41, 5.74) is 1.33. The molecular formula is C13H7Br2FN2.